The second kappa shape index (κ2) is 6.35. The fraction of sp³-hybridized carbons (Fsp3) is 0.125. The molecule has 0 heterocycles. The summed E-state index contributed by atoms with van der Waals surface area (Å²) in [6.07, 6.45) is 0.223. The van der Waals surface area contributed by atoms with E-state index in [4.69, 9.17) is 17.3 Å². The fourth-order valence-electron chi connectivity index (χ4n) is 1.90. The van der Waals surface area contributed by atoms with Crippen molar-refractivity contribution in [3.8, 4) is 11.1 Å². The molecule has 2 aromatic carbocycles. The van der Waals surface area contributed by atoms with Crippen LogP contribution in [0.5, 0.6) is 0 Å². The average molecular weight is 288 g/mol. The Kier molecular flexibility index (Phi) is 4.53. The highest BCUT2D eigenvalue weighted by Gasteiger charge is 2.08. The zero-order valence-corrected chi connectivity index (χ0v) is 11.6. The summed E-state index contributed by atoms with van der Waals surface area (Å²) in [5.41, 5.74) is 7.59. The molecule has 20 heavy (non-hydrogen) atoms. The summed E-state index contributed by atoms with van der Waals surface area (Å²) in [5.74, 6) is -0.546. The molecule has 2 N–H and O–H groups in total. The lowest BCUT2D eigenvalue weighted by Crippen LogP contribution is -2.12. The molecule has 0 saturated carbocycles. The third kappa shape index (κ3) is 3.68. The van der Waals surface area contributed by atoms with Crippen LogP contribution in [0.15, 0.2) is 48.5 Å². The number of nitrogens with two attached hydrogens (primary N) is 1. The predicted octanol–water partition coefficient (Wildman–Crippen LogP) is 3.46. The maximum atomic E-state index is 11.8. The van der Waals surface area contributed by atoms with Gasteiger partial charge < -0.3 is 5.73 Å². The number of carbonyl (C=O) groups excluding carboxylic acids is 2. The van der Waals surface area contributed by atoms with Crippen LogP contribution in [0.3, 0.4) is 0 Å². The second-order valence-electron chi connectivity index (χ2n) is 4.48. The van der Waals surface area contributed by atoms with Gasteiger partial charge in [-0.25, -0.2) is 0 Å². The predicted molar refractivity (Wildman–Crippen MR) is 79.6 cm³/mol. The Morgan fingerprint density at radius 3 is 2.25 bits per heavy atom. The molecule has 0 saturated heterocycles. The maximum absolute atomic E-state index is 11.8. The first-order valence-corrected chi connectivity index (χ1v) is 6.61. The largest absolute Gasteiger partial charge is 0.370 e. The molecule has 0 aliphatic carbocycles. The van der Waals surface area contributed by atoms with Crippen molar-refractivity contribution in [2.75, 3.05) is 0 Å². The summed E-state index contributed by atoms with van der Waals surface area (Å²) in [5, 5.41) is 0.670. The van der Waals surface area contributed by atoms with Crippen molar-refractivity contribution < 1.29 is 9.59 Å². The lowest BCUT2D eigenvalue weighted by Gasteiger charge is -2.04. The van der Waals surface area contributed by atoms with E-state index in [1.807, 2.05) is 36.4 Å². The second-order valence-corrected chi connectivity index (χ2v) is 4.91. The first-order chi connectivity index (χ1) is 9.56. The van der Waals surface area contributed by atoms with E-state index in [1.165, 1.54) is 0 Å². The van der Waals surface area contributed by atoms with Crippen LogP contribution in [0.1, 0.15) is 23.2 Å². The molecule has 0 radical (unpaired) electrons. The SMILES string of the molecule is NC(=O)CCC(=O)c1ccc(-c2cccc(Cl)c2)cc1. The van der Waals surface area contributed by atoms with Gasteiger partial charge in [0.05, 0.1) is 0 Å². The van der Waals surface area contributed by atoms with E-state index in [1.54, 1.807) is 12.1 Å². The molecule has 0 atom stereocenters. The number of Topliss-reactive ketones (excluding diaryl/α,β-unsaturated/α-hetero) is 1. The lowest BCUT2D eigenvalue weighted by molar-refractivity contribution is -0.118. The topological polar surface area (TPSA) is 60.2 Å². The quantitative estimate of drug-likeness (QED) is 0.856. The zero-order valence-electron chi connectivity index (χ0n) is 10.8. The number of hydrogen-bond acceptors (Lipinski definition) is 2. The molecule has 0 unspecified atom stereocenters. The summed E-state index contributed by atoms with van der Waals surface area (Å²) in [4.78, 5) is 22.5. The number of amides is 1. The molecular weight excluding hydrogens is 274 g/mol. The molecule has 0 aliphatic heterocycles. The molecule has 3 nitrogen and oxygen atoms in total. The minimum Gasteiger partial charge on any atom is -0.370 e. The third-order valence-electron chi connectivity index (χ3n) is 2.96. The Labute approximate surface area is 122 Å². The van der Waals surface area contributed by atoms with Gasteiger partial charge in [0.15, 0.2) is 5.78 Å². The number of hydrogen-bond donors (Lipinski definition) is 1. The summed E-state index contributed by atoms with van der Waals surface area (Å²) >= 11 is 5.95. The van der Waals surface area contributed by atoms with E-state index in [2.05, 4.69) is 0 Å². The van der Waals surface area contributed by atoms with E-state index in [0.717, 1.165) is 11.1 Å². The van der Waals surface area contributed by atoms with Crippen molar-refractivity contribution in [1.29, 1.82) is 0 Å². The molecular formula is C16H14ClNO2. The third-order valence-corrected chi connectivity index (χ3v) is 3.20. The normalized spacial score (nSPS) is 10.2. The van der Waals surface area contributed by atoms with Gasteiger partial charge in [0.1, 0.15) is 0 Å². The Morgan fingerprint density at radius 2 is 1.65 bits per heavy atom. The number of benzene rings is 2. The standard InChI is InChI=1S/C16H14ClNO2/c17-14-3-1-2-13(10-14)11-4-6-12(7-5-11)15(19)8-9-16(18)20/h1-7,10H,8-9H2,(H2,18,20). The molecule has 0 bridgehead atoms. The molecule has 0 fully saturated rings. The number of primary amides is 1. The highest BCUT2D eigenvalue weighted by Crippen LogP contribution is 2.23. The van der Waals surface area contributed by atoms with Crippen LogP contribution in [0.4, 0.5) is 0 Å². The van der Waals surface area contributed by atoms with Crippen LogP contribution < -0.4 is 5.73 Å². The summed E-state index contributed by atoms with van der Waals surface area (Å²) < 4.78 is 0. The van der Waals surface area contributed by atoms with Crippen LogP contribution in [-0.2, 0) is 4.79 Å². The van der Waals surface area contributed by atoms with Crippen molar-refractivity contribution in [2.45, 2.75) is 12.8 Å². The van der Waals surface area contributed by atoms with Crippen LogP contribution in [0.2, 0.25) is 5.02 Å². The van der Waals surface area contributed by atoms with Crippen molar-refractivity contribution in [3.05, 3.63) is 59.1 Å². The Bertz CT molecular complexity index is 635. The number of carbonyl (C=O) groups is 2. The first-order valence-electron chi connectivity index (χ1n) is 6.24. The Hall–Kier alpha value is -2.13. The zero-order chi connectivity index (χ0) is 14.5. The molecule has 2 aromatic rings. The molecule has 0 spiro atoms. The minimum atomic E-state index is -0.464. The number of halogens is 1. The highest BCUT2D eigenvalue weighted by atomic mass is 35.5. The monoisotopic (exact) mass is 287 g/mol. The molecule has 0 aromatic heterocycles. The van der Waals surface area contributed by atoms with Crippen molar-refractivity contribution in [2.24, 2.45) is 5.73 Å². The van der Waals surface area contributed by atoms with Gasteiger partial charge >= 0.3 is 0 Å². The van der Waals surface area contributed by atoms with Gasteiger partial charge in [-0.2, -0.15) is 0 Å². The molecule has 1 amide bonds. The minimum absolute atomic E-state index is 0.0783. The van der Waals surface area contributed by atoms with Crippen molar-refractivity contribution in [3.63, 3.8) is 0 Å². The average Bonchev–Trinajstić information content (AvgIpc) is 2.45. The maximum Gasteiger partial charge on any atom is 0.217 e. The lowest BCUT2D eigenvalue weighted by atomic mass is 10.0. The summed E-state index contributed by atoms with van der Waals surface area (Å²) in [7, 11) is 0. The number of rotatable bonds is 5. The molecule has 0 aliphatic rings. The van der Waals surface area contributed by atoms with Crippen molar-refractivity contribution >= 4 is 23.3 Å². The van der Waals surface area contributed by atoms with E-state index in [0.29, 0.717) is 10.6 Å². The molecule has 4 heteroatoms. The van der Waals surface area contributed by atoms with E-state index < -0.39 is 5.91 Å². The Balaban J connectivity index is 2.14. The highest BCUT2D eigenvalue weighted by molar-refractivity contribution is 6.30. The van der Waals surface area contributed by atoms with E-state index in [9.17, 15) is 9.59 Å². The van der Waals surface area contributed by atoms with E-state index >= 15 is 0 Å². The van der Waals surface area contributed by atoms with Crippen LogP contribution in [-0.4, -0.2) is 11.7 Å². The van der Waals surface area contributed by atoms with Crippen LogP contribution in [0, 0.1) is 0 Å². The van der Waals surface area contributed by atoms with Gasteiger partial charge in [0, 0.05) is 23.4 Å². The van der Waals surface area contributed by atoms with Crippen LogP contribution >= 0.6 is 11.6 Å². The first kappa shape index (κ1) is 14.3. The number of ketones is 1. The van der Waals surface area contributed by atoms with Gasteiger partial charge in [0.25, 0.3) is 0 Å². The summed E-state index contributed by atoms with van der Waals surface area (Å²) in [6, 6.07) is 14.7. The molecule has 102 valence electrons. The van der Waals surface area contributed by atoms with Crippen molar-refractivity contribution in [1.82, 2.24) is 0 Å². The Morgan fingerprint density at radius 1 is 0.950 bits per heavy atom. The van der Waals surface area contributed by atoms with E-state index in [-0.39, 0.29) is 18.6 Å². The van der Waals surface area contributed by atoms with Gasteiger partial charge in [-0.3, -0.25) is 9.59 Å². The van der Waals surface area contributed by atoms with Crippen LogP contribution in [0.25, 0.3) is 11.1 Å². The smallest absolute Gasteiger partial charge is 0.217 e. The molecule has 2 rings (SSSR count). The fourth-order valence-corrected chi connectivity index (χ4v) is 2.09. The van der Waals surface area contributed by atoms with Gasteiger partial charge in [-0.1, -0.05) is 48.0 Å². The van der Waals surface area contributed by atoms with Gasteiger partial charge in [-0.05, 0) is 23.3 Å². The van der Waals surface area contributed by atoms with Gasteiger partial charge in [-0.15, -0.1) is 0 Å². The van der Waals surface area contributed by atoms with Gasteiger partial charge in [0.2, 0.25) is 5.91 Å². The summed E-state index contributed by atoms with van der Waals surface area (Å²) in [6.45, 7) is 0.